The van der Waals surface area contributed by atoms with Crippen LogP contribution in [0.3, 0.4) is 0 Å². The van der Waals surface area contributed by atoms with Crippen LogP contribution in [0.25, 0.3) is 16.8 Å². The van der Waals surface area contributed by atoms with Gasteiger partial charge in [-0.2, -0.15) is 5.26 Å². The third-order valence-electron chi connectivity index (χ3n) is 4.50. The van der Waals surface area contributed by atoms with E-state index in [-0.39, 0.29) is 12.5 Å². The molecule has 1 aliphatic rings. The maximum atomic E-state index is 12.5. The first kappa shape index (κ1) is 20.5. The Morgan fingerprint density at radius 3 is 2.77 bits per heavy atom. The number of amides is 1. The fourth-order valence-electron chi connectivity index (χ4n) is 3.16. The molecule has 4 rings (SSSR count). The van der Waals surface area contributed by atoms with Crippen LogP contribution in [0.2, 0.25) is 0 Å². The Bertz CT molecular complexity index is 1240. The highest BCUT2D eigenvalue weighted by Gasteiger charge is 2.24. The minimum absolute atomic E-state index is 0.0627. The average Bonchev–Trinajstić information content (AvgIpc) is 3.12. The number of nitrogens with one attached hydrogen (secondary N) is 1. The fourth-order valence-corrected chi connectivity index (χ4v) is 3.99. The maximum Gasteiger partial charge on any atom is 0.264 e. The van der Waals surface area contributed by atoms with E-state index in [1.165, 1.54) is 11.8 Å². The van der Waals surface area contributed by atoms with Crippen molar-refractivity contribution in [2.45, 2.75) is 6.92 Å². The smallest absolute Gasteiger partial charge is 0.264 e. The van der Waals surface area contributed by atoms with E-state index >= 15 is 0 Å². The minimum Gasteiger partial charge on any atom is -0.490 e. The van der Waals surface area contributed by atoms with Crippen molar-refractivity contribution in [3.63, 3.8) is 0 Å². The van der Waals surface area contributed by atoms with E-state index in [4.69, 9.17) is 14.7 Å². The second-order valence-corrected chi connectivity index (χ2v) is 7.60. The number of carbonyl (C=O) groups excluding carboxylic acids is 1. The summed E-state index contributed by atoms with van der Waals surface area (Å²) in [6.07, 6.45) is 1.78. The Labute approximate surface area is 184 Å². The molecule has 0 aromatic heterocycles. The number of hydrogen-bond acceptors (Lipinski definition) is 6. The van der Waals surface area contributed by atoms with Crippen LogP contribution in [0, 0.1) is 11.3 Å². The predicted octanol–water partition coefficient (Wildman–Crippen LogP) is 5.03. The van der Waals surface area contributed by atoms with Crippen molar-refractivity contribution in [2.24, 2.45) is 4.99 Å². The van der Waals surface area contributed by atoms with Crippen molar-refractivity contribution in [1.82, 2.24) is 5.32 Å². The van der Waals surface area contributed by atoms with Crippen LogP contribution in [0.5, 0.6) is 11.5 Å². The van der Waals surface area contributed by atoms with Crippen molar-refractivity contribution in [3.05, 3.63) is 71.1 Å². The maximum absolute atomic E-state index is 12.5. The number of hydrogen-bond donors (Lipinski definition) is 1. The second kappa shape index (κ2) is 9.37. The molecule has 0 radical (unpaired) electrons. The van der Waals surface area contributed by atoms with Gasteiger partial charge in [-0.15, -0.1) is 0 Å². The molecule has 3 aromatic rings. The van der Waals surface area contributed by atoms with Gasteiger partial charge < -0.3 is 14.8 Å². The predicted molar refractivity (Wildman–Crippen MR) is 123 cm³/mol. The monoisotopic (exact) mass is 429 g/mol. The van der Waals surface area contributed by atoms with Crippen LogP contribution in [0.1, 0.15) is 12.5 Å². The quantitative estimate of drug-likeness (QED) is 0.556. The van der Waals surface area contributed by atoms with Gasteiger partial charge in [-0.1, -0.05) is 42.5 Å². The van der Waals surface area contributed by atoms with Gasteiger partial charge in [-0.05, 0) is 53.9 Å². The number of thioether (sulfide) groups is 1. The number of benzene rings is 3. The molecule has 0 atom stereocenters. The molecular weight excluding hydrogens is 410 g/mol. The van der Waals surface area contributed by atoms with Crippen LogP contribution >= 0.6 is 11.8 Å². The second-order valence-electron chi connectivity index (χ2n) is 6.57. The highest BCUT2D eigenvalue weighted by atomic mass is 32.2. The Morgan fingerprint density at radius 2 is 1.94 bits per heavy atom. The Balaban J connectivity index is 1.60. The van der Waals surface area contributed by atoms with Crippen LogP contribution in [0.4, 0.5) is 5.69 Å². The van der Waals surface area contributed by atoms with E-state index < -0.39 is 0 Å². The van der Waals surface area contributed by atoms with E-state index in [0.29, 0.717) is 28.2 Å². The zero-order valence-electron chi connectivity index (χ0n) is 16.8. The van der Waals surface area contributed by atoms with E-state index in [2.05, 4.69) is 10.3 Å². The van der Waals surface area contributed by atoms with Crippen LogP contribution in [-0.2, 0) is 4.79 Å². The summed E-state index contributed by atoms with van der Waals surface area (Å²) >= 11 is 1.29. The van der Waals surface area contributed by atoms with E-state index in [1.807, 2.05) is 61.5 Å². The van der Waals surface area contributed by atoms with Crippen LogP contribution in [0.15, 0.2) is 70.6 Å². The molecule has 1 amide bonds. The molecule has 1 N–H and O–H groups in total. The lowest BCUT2D eigenvalue weighted by atomic mass is 10.1. The molecule has 0 unspecified atom stereocenters. The number of rotatable bonds is 6. The summed E-state index contributed by atoms with van der Waals surface area (Å²) < 4.78 is 11.0. The Kier molecular flexibility index (Phi) is 6.20. The molecule has 1 aliphatic heterocycles. The fraction of sp³-hybridized carbons (Fsp3) is 0.125. The number of ether oxygens (including phenoxy) is 2. The summed E-state index contributed by atoms with van der Waals surface area (Å²) in [6, 6.07) is 21.2. The molecule has 1 fully saturated rings. The Morgan fingerprint density at radius 1 is 1.10 bits per heavy atom. The molecule has 6 nitrogen and oxygen atoms in total. The molecule has 0 aliphatic carbocycles. The van der Waals surface area contributed by atoms with E-state index in [9.17, 15) is 4.79 Å². The number of aliphatic imine (C=N–C) groups is 1. The van der Waals surface area contributed by atoms with Gasteiger partial charge in [0.2, 0.25) is 0 Å². The minimum atomic E-state index is -0.202. The molecule has 0 saturated carbocycles. The van der Waals surface area contributed by atoms with Gasteiger partial charge in [0.05, 0.1) is 17.2 Å². The number of nitrogens with zero attached hydrogens (tertiary/aromatic N) is 2. The van der Waals surface area contributed by atoms with Crippen LogP contribution < -0.4 is 14.8 Å². The van der Waals surface area contributed by atoms with Gasteiger partial charge in [-0.3, -0.25) is 4.79 Å². The summed E-state index contributed by atoms with van der Waals surface area (Å²) in [5, 5.41) is 14.2. The molecule has 0 spiro atoms. The summed E-state index contributed by atoms with van der Waals surface area (Å²) in [5.41, 5.74) is 1.59. The number of carbonyl (C=O) groups is 1. The highest BCUT2D eigenvalue weighted by molar-refractivity contribution is 8.18. The van der Waals surface area contributed by atoms with Gasteiger partial charge >= 0.3 is 0 Å². The van der Waals surface area contributed by atoms with Gasteiger partial charge in [0.1, 0.15) is 6.07 Å². The van der Waals surface area contributed by atoms with Gasteiger partial charge in [0, 0.05) is 5.39 Å². The number of nitriles is 1. The first-order valence-corrected chi connectivity index (χ1v) is 10.5. The zero-order valence-corrected chi connectivity index (χ0v) is 17.6. The van der Waals surface area contributed by atoms with Crippen LogP contribution in [-0.4, -0.2) is 24.3 Å². The average molecular weight is 430 g/mol. The molecule has 31 heavy (non-hydrogen) atoms. The third-order valence-corrected chi connectivity index (χ3v) is 5.41. The topological polar surface area (TPSA) is 83.7 Å². The van der Waals surface area contributed by atoms with E-state index in [0.717, 1.165) is 22.0 Å². The first-order chi connectivity index (χ1) is 15.2. The lowest BCUT2D eigenvalue weighted by Gasteiger charge is -2.10. The summed E-state index contributed by atoms with van der Waals surface area (Å²) in [5.74, 6) is 0.819. The van der Waals surface area contributed by atoms with Crippen molar-refractivity contribution in [2.75, 3.05) is 13.2 Å². The summed E-state index contributed by atoms with van der Waals surface area (Å²) in [7, 11) is 0. The molecule has 154 valence electrons. The highest BCUT2D eigenvalue weighted by Crippen LogP contribution is 2.33. The molecule has 1 saturated heterocycles. The third kappa shape index (κ3) is 4.71. The lowest BCUT2D eigenvalue weighted by molar-refractivity contribution is -0.115. The lowest BCUT2D eigenvalue weighted by Crippen LogP contribution is -2.19. The molecule has 7 heteroatoms. The van der Waals surface area contributed by atoms with Crippen molar-refractivity contribution in [1.29, 1.82) is 5.26 Å². The van der Waals surface area contributed by atoms with Crippen molar-refractivity contribution in [3.8, 4) is 17.6 Å². The molecule has 0 bridgehead atoms. The van der Waals surface area contributed by atoms with Crippen molar-refractivity contribution >= 4 is 45.4 Å². The zero-order chi connectivity index (χ0) is 21.6. The van der Waals surface area contributed by atoms with Gasteiger partial charge in [-0.25, -0.2) is 4.99 Å². The van der Waals surface area contributed by atoms with Crippen molar-refractivity contribution < 1.29 is 14.3 Å². The van der Waals surface area contributed by atoms with Gasteiger partial charge in [0.25, 0.3) is 5.91 Å². The standard InChI is InChI=1S/C24H19N3O3S/c1-2-29-21-14-16(10-11-20(21)30-13-12-25)15-22-23(28)27-24(31-22)26-19-9-5-7-17-6-3-4-8-18(17)19/h3-11,14-15H,2,13H2,1H3,(H,26,27,28). The Hall–Kier alpha value is -3.76. The van der Waals surface area contributed by atoms with E-state index in [1.54, 1.807) is 18.2 Å². The molecule has 3 aromatic carbocycles. The number of fused-ring (bicyclic) bond motifs is 1. The normalized spacial score (nSPS) is 15.8. The summed E-state index contributed by atoms with van der Waals surface area (Å²) in [6.45, 7) is 2.27. The summed E-state index contributed by atoms with van der Waals surface area (Å²) in [4.78, 5) is 17.7. The van der Waals surface area contributed by atoms with Gasteiger partial charge in [0.15, 0.2) is 23.3 Å². The largest absolute Gasteiger partial charge is 0.490 e. The first-order valence-electron chi connectivity index (χ1n) is 9.72. The SMILES string of the molecule is CCOc1cc(C=C2SC(=Nc3cccc4ccccc34)NC2=O)ccc1OCC#N. The molecule has 1 heterocycles. The number of amidine groups is 1. The molecular formula is C24H19N3O3S.